The third kappa shape index (κ3) is 3.05. The number of nitrogens with two attached hydrogens (primary N) is 1. The number of halogens is 2. The first-order chi connectivity index (χ1) is 8.70. The fourth-order valence-electron chi connectivity index (χ4n) is 1.69. The van der Waals surface area contributed by atoms with E-state index in [1.807, 2.05) is 6.92 Å². The fourth-order valence-corrected chi connectivity index (χ4v) is 2.78. The molecule has 19 heavy (non-hydrogen) atoms. The summed E-state index contributed by atoms with van der Waals surface area (Å²) in [5.41, 5.74) is -0.382. The van der Waals surface area contributed by atoms with Crippen LogP contribution in [0.2, 0.25) is 5.02 Å². The van der Waals surface area contributed by atoms with Crippen LogP contribution in [0.5, 0.6) is 0 Å². The molecule has 2 atom stereocenters. The number of nitrogens with one attached hydrogen (secondary N) is 1. The summed E-state index contributed by atoms with van der Waals surface area (Å²) in [7, 11) is -4.11. The molecule has 1 fully saturated rings. The van der Waals surface area contributed by atoms with Crippen LogP contribution in [0.25, 0.3) is 0 Å². The van der Waals surface area contributed by atoms with Crippen molar-refractivity contribution in [3.63, 3.8) is 0 Å². The van der Waals surface area contributed by atoms with Gasteiger partial charge in [-0.05, 0) is 24.5 Å². The lowest BCUT2D eigenvalue weighted by Crippen LogP contribution is -2.28. The fraction of sp³-hybridized carbons (Fsp3) is 0.364. The van der Waals surface area contributed by atoms with E-state index in [1.165, 1.54) is 0 Å². The van der Waals surface area contributed by atoms with Gasteiger partial charge in [-0.25, -0.2) is 17.9 Å². The molecule has 8 heteroatoms. The lowest BCUT2D eigenvalue weighted by Gasteiger charge is -2.08. The van der Waals surface area contributed by atoms with Gasteiger partial charge in [0.1, 0.15) is 10.7 Å². The molecule has 0 radical (unpaired) electrons. The number of hydrogen-bond acceptors (Lipinski definition) is 3. The Morgan fingerprint density at radius 2 is 2.11 bits per heavy atom. The van der Waals surface area contributed by atoms with E-state index in [4.69, 9.17) is 16.7 Å². The second-order valence-electron chi connectivity index (χ2n) is 4.60. The topological polar surface area (TPSA) is 89.3 Å². The van der Waals surface area contributed by atoms with Gasteiger partial charge in [0.25, 0.3) is 5.91 Å². The Balaban J connectivity index is 2.37. The number of primary sulfonamides is 1. The van der Waals surface area contributed by atoms with Gasteiger partial charge >= 0.3 is 0 Å². The predicted octanol–water partition coefficient (Wildman–Crippen LogP) is 1.26. The van der Waals surface area contributed by atoms with E-state index in [1.54, 1.807) is 0 Å². The minimum atomic E-state index is -4.11. The number of sulfonamides is 1. The third-order valence-electron chi connectivity index (χ3n) is 3.00. The first-order valence-corrected chi connectivity index (χ1v) is 7.45. The van der Waals surface area contributed by atoms with Gasteiger partial charge in [-0.15, -0.1) is 0 Å². The van der Waals surface area contributed by atoms with Crippen molar-refractivity contribution in [2.45, 2.75) is 24.3 Å². The number of carbonyl (C=O) groups excluding carboxylic acids is 1. The van der Waals surface area contributed by atoms with Crippen LogP contribution in [0.1, 0.15) is 23.7 Å². The molecule has 1 saturated carbocycles. The molecule has 2 rings (SSSR count). The monoisotopic (exact) mass is 306 g/mol. The second kappa shape index (κ2) is 4.73. The molecule has 0 heterocycles. The SMILES string of the molecule is CC1CC1NC(=O)c1cc(S(N)(=O)=O)c(Cl)cc1F. The molecule has 1 aliphatic rings. The molecule has 1 aliphatic carbocycles. The smallest absolute Gasteiger partial charge is 0.254 e. The Morgan fingerprint density at radius 1 is 1.53 bits per heavy atom. The molecule has 0 bridgehead atoms. The molecule has 2 unspecified atom stereocenters. The highest BCUT2D eigenvalue weighted by molar-refractivity contribution is 7.89. The zero-order valence-corrected chi connectivity index (χ0v) is 11.6. The van der Waals surface area contributed by atoms with Crippen LogP contribution in [0.3, 0.4) is 0 Å². The van der Waals surface area contributed by atoms with Crippen molar-refractivity contribution in [2.75, 3.05) is 0 Å². The van der Waals surface area contributed by atoms with Crippen molar-refractivity contribution in [2.24, 2.45) is 11.1 Å². The van der Waals surface area contributed by atoms with Crippen molar-refractivity contribution < 1.29 is 17.6 Å². The largest absolute Gasteiger partial charge is 0.349 e. The lowest BCUT2D eigenvalue weighted by molar-refractivity contribution is 0.0945. The summed E-state index contributed by atoms with van der Waals surface area (Å²) in [4.78, 5) is 11.4. The average molecular weight is 307 g/mol. The molecule has 0 aliphatic heterocycles. The minimum Gasteiger partial charge on any atom is -0.349 e. The summed E-state index contributed by atoms with van der Waals surface area (Å²) in [6.45, 7) is 1.94. The van der Waals surface area contributed by atoms with Crippen molar-refractivity contribution in [3.8, 4) is 0 Å². The molecule has 0 saturated heterocycles. The Bertz CT molecular complexity index is 648. The number of amides is 1. The molecular weight excluding hydrogens is 295 g/mol. The van der Waals surface area contributed by atoms with E-state index in [0.717, 1.165) is 18.6 Å². The normalized spacial score (nSPS) is 22.1. The van der Waals surface area contributed by atoms with E-state index < -0.39 is 26.6 Å². The van der Waals surface area contributed by atoms with Crippen LogP contribution in [-0.2, 0) is 10.0 Å². The zero-order chi connectivity index (χ0) is 14.4. The standard InChI is InChI=1S/C11H12ClFN2O3S/c1-5-2-9(5)15-11(16)6-3-10(19(14,17)18)7(12)4-8(6)13/h3-5,9H,2H2,1H3,(H,15,16)(H2,14,17,18). The first kappa shape index (κ1) is 14.2. The summed E-state index contributed by atoms with van der Waals surface area (Å²) in [6, 6.07) is 1.63. The van der Waals surface area contributed by atoms with Crippen LogP contribution in [-0.4, -0.2) is 20.4 Å². The zero-order valence-electron chi connectivity index (χ0n) is 9.98. The number of carbonyl (C=O) groups is 1. The predicted molar refractivity (Wildman–Crippen MR) is 67.8 cm³/mol. The number of benzene rings is 1. The molecule has 1 aromatic carbocycles. The highest BCUT2D eigenvalue weighted by atomic mass is 35.5. The van der Waals surface area contributed by atoms with Crippen molar-refractivity contribution >= 4 is 27.5 Å². The Labute approximate surface area is 115 Å². The first-order valence-electron chi connectivity index (χ1n) is 5.53. The molecule has 5 nitrogen and oxygen atoms in total. The van der Waals surface area contributed by atoms with Gasteiger partial charge < -0.3 is 5.32 Å². The van der Waals surface area contributed by atoms with E-state index in [9.17, 15) is 17.6 Å². The van der Waals surface area contributed by atoms with Crippen molar-refractivity contribution in [1.82, 2.24) is 5.32 Å². The third-order valence-corrected chi connectivity index (χ3v) is 4.37. The molecule has 1 aromatic rings. The quantitative estimate of drug-likeness (QED) is 0.881. The summed E-state index contributed by atoms with van der Waals surface area (Å²) in [5, 5.41) is 7.20. The average Bonchev–Trinajstić information content (AvgIpc) is 2.91. The summed E-state index contributed by atoms with van der Waals surface area (Å²) < 4.78 is 36.2. The van der Waals surface area contributed by atoms with Crippen LogP contribution >= 0.6 is 11.6 Å². The number of rotatable bonds is 3. The maximum atomic E-state index is 13.7. The van der Waals surface area contributed by atoms with Gasteiger partial charge in [0.15, 0.2) is 0 Å². The van der Waals surface area contributed by atoms with E-state index in [2.05, 4.69) is 5.32 Å². The van der Waals surface area contributed by atoms with Crippen molar-refractivity contribution in [3.05, 3.63) is 28.5 Å². The van der Waals surface area contributed by atoms with E-state index in [-0.39, 0.29) is 16.6 Å². The van der Waals surface area contributed by atoms with E-state index >= 15 is 0 Å². The summed E-state index contributed by atoms with van der Waals surface area (Å²) in [6.07, 6.45) is 0.822. The number of hydrogen-bond donors (Lipinski definition) is 2. The van der Waals surface area contributed by atoms with Crippen LogP contribution in [0, 0.1) is 11.7 Å². The Kier molecular flexibility index (Phi) is 3.55. The maximum absolute atomic E-state index is 13.7. The minimum absolute atomic E-state index is 0.000474. The summed E-state index contributed by atoms with van der Waals surface area (Å²) in [5.74, 6) is -1.21. The van der Waals surface area contributed by atoms with Crippen molar-refractivity contribution in [1.29, 1.82) is 0 Å². The van der Waals surface area contributed by atoms with Crippen LogP contribution in [0.15, 0.2) is 17.0 Å². The molecule has 1 amide bonds. The molecule has 0 aromatic heterocycles. The van der Waals surface area contributed by atoms with Gasteiger partial charge in [-0.1, -0.05) is 18.5 Å². The highest BCUT2D eigenvalue weighted by Gasteiger charge is 2.34. The van der Waals surface area contributed by atoms with E-state index in [0.29, 0.717) is 5.92 Å². The van der Waals surface area contributed by atoms with Gasteiger partial charge in [-0.2, -0.15) is 0 Å². The Morgan fingerprint density at radius 3 is 2.58 bits per heavy atom. The van der Waals surface area contributed by atoms with Gasteiger partial charge in [-0.3, -0.25) is 4.79 Å². The van der Waals surface area contributed by atoms with Crippen LogP contribution < -0.4 is 10.5 Å². The molecule has 3 N–H and O–H groups in total. The maximum Gasteiger partial charge on any atom is 0.254 e. The van der Waals surface area contributed by atoms with Crippen LogP contribution in [0.4, 0.5) is 4.39 Å². The summed E-state index contributed by atoms with van der Waals surface area (Å²) >= 11 is 5.60. The molecule has 0 spiro atoms. The van der Waals surface area contributed by atoms with Gasteiger partial charge in [0, 0.05) is 6.04 Å². The van der Waals surface area contributed by atoms with Gasteiger partial charge in [0.05, 0.1) is 10.6 Å². The lowest BCUT2D eigenvalue weighted by atomic mass is 10.2. The molecule has 104 valence electrons. The molecular formula is C11H12ClFN2O3S. The van der Waals surface area contributed by atoms with Gasteiger partial charge in [0.2, 0.25) is 10.0 Å². The highest BCUT2D eigenvalue weighted by Crippen LogP contribution is 2.30. The second-order valence-corrected chi connectivity index (χ2v) is 6.54. The Hall–Kier alpha value is -1.18.